The molecular formula is C13H18NO4S. The highest BCUT2D eigenvalue weighted by Crippen LogP contribution is 2.13. The van der Waals surface area contributed by atoms with Gasteiger partial charge < -0.3 is 4.74 Å². The van der Waals surface area contributed by atoms with Gasteiger partial charge in [-0.2, -0.15) is 0 Å². The maximum absolute atomic E-state index is 11.6. The van der Waals surface area contributed by atoms with Crippen LogP contribution < -0.4 is 9.46 Å². The number of hydrogen-bond acceptors (Lipinski definition) is 4. The highest BCUT2D eigenvalue weighted by atomic mass is 32.2. The number of amides is 1. The van der Waals surface area contributed by atoms with E-state index < -0.39 is 15.9 Å². The Morgan fingerprint density at radius 2 is 1.84 bits per heavy atom. The molecule has 0 atom stereocenters. The summed E-state index contributed by atoms with van der Waals surface area (Å²) in [5, 5.41) is 0. The lowest BCUT2D eigenvalue weighted by Gasteiger charge is -2.06. The molecule has 5 nitrogen and oxygen atoms in total. The SMILES string of the molecule is CCCCOc1ccc(C(=O)[N]S(=O)(=O)CC)cc1. The molecule has 0 heterocycles. The van der Waals surface area contributed by atoms with Gasteiger partial charge in [-0.05, 0) is 37.6 Å². The standard InChI is InChI=1S/C13H18NO4S/c1-3-5-10-18-12-8-6-11(7-9-12)13(15)14-19(16,17)4-2/h6-9H,3-5,10H2,1-2H3. The molecule has 1 aromatic rings. The number of nitrogens with zero attached hydrogens (tertiary/aromatic N) is 1. The van der Waals surface area contributed by atoms with E-state index >= 15 is 0 Å². The normalized spacial score (nSPS) is 11.1. The molecule has 0 aliphatic rings. The van der Waals surface area contributed by atoms with Gasteiger partial charge in [0.25, 0.3) is 15.9 Å². The van der Waals surface area contributed by atoms with Crippen molar-refractivity contribution in [2.75, 3.05) is 12.4 Å². The Morgan fingerprint density at radius 1 is 1.21 bits per heavy atom. The molecule has 0 saturated heterocycles. The molecular weight excluding hydrogens is 266 g/mol. The molecule has 0 spiro atoms. The Bertz CT molecular complexity index is 508. The molecule has 0 bridgehead atoms. The van der Waals surface area contributed by atoms with Crippen LogP contribution in [0.2, 0.25) is 0 Å². The van der Waals surface area contributed by atoms with Crippen LogP contribution in [-0.4, -0.2) is 26.7 Å². The van der Waals surface area contributed by atoms with Crippen molar-refractivity contribution in [3.63, 3.8) is 0 Å². The lowest BCUT2D eigenvalue weighted by atomic mass is 10.2. The number of sulfonamides is 1. The Labute approximate surface area is 114 Å². The Morgan fingerprint density at radius 3 is 2.37 bits per heavy atom. The van der Waals surface area contributed by atoms with Gasteiger partial charge in [0.05, 0.1) is 12.4 Å². The van der Waals surface area contributed by atoms with Crippen molar-refractivity contribution in [2.45, 2.75) is 26.7 Å². The van der Waals surface area contributed by atoms with E-state index in [1.807, 2.05) is 0 Å². The molecule has 0 N–H and O–H groups in total. The summed E-state index contributed by atoms with van der Waals surface area (Å²) in [4.78, 5) is 11.6. The fraction of sp³-hybridized carbons (Fsp3) is 0.462. The summed E-state index contributed by atoms with van der Waals surface area (Å²) in [6.07, 6.45) is 2.01. The van der Waals surface area contributed by atoms with E-state index in [0.717, 1.165) is 12.8 Å². The van der Waals surface area contributed by atoms with Crippen molar-refractivity contribution < 1.29 is 17.9 Å². The zero-order valence-corrected chi connectivity index (χ0v) is 11.9. The van der Waals surface area contributed by atoms with Crippen molar-refractivity contribution in [3.05, 3.63) is 29.8 Å². The summed E-state index contributed by atoms with van der Waals surface area (Å²) in [6, 6.07) is 6.30. The number of hydrogen-bond donors (Lipinski definition) is 0. The summed E-state index contributed by atoms with van der Waals surface area (Å²) in [7, 11) is -3.65. The molecule has 0 unspecified atom stereocenters. The summed E-state index contributed by atoms with van der Waals surface area (Å²) >= 11 is 0. The molecule has 1 amide bonds. The van der Waals surface area contributed by atoms with E-state index in [-0.39, 0.29) is 11.3 Å². The van der Waals surface area contributed by atoms with Crippen molar-refractivity contribution >= 4 is 15.9 Å². The van der Waals surface area contributed by atoms with Gasteiger partial charge >= 0.3 is 0 Å². The van der Waals surface area contributed by atoms with Crippen LogP contribution in [0.1, 0.15) is 37.0 Å². The average Bonchev–Trinajstić information content (AvgIpc) is 2.39. The Balaban J connectivity index is 2.63. The van der Waals surface area contributed by atoms with Crippen LogP contribution in [-0.2, 0) is 10.0 Å². The first-order chi connectivity index (χ1) is 8.98. The monoisotopic (exact) mass is 284 g/mol. The quantitative estimate of drug-likeness (QED) is 0.717. The minimum Gasteiger partial charge on any atom is -0.494 e. The fourth-order valence-electron chi connectivity index (χ4n) is 1.27. The minimum absolute atomic E-state index is 0.184. The van der Waals surface area contributed by atoms with Crippen molar-refractivity contribution in [1.29, 1.82) is 0 Å². The van der Waals surface area contributed by atoms with Gasteiger partial charge in [0.1, 0.15) is 5.75 Å². The van der Waals surface area contributed by atoms with Crippen LogP contribution in [0.3, 0.4) is 0 Å². The Hall–Kier alpha value is -1.56. The molecule has 0 saturated carbocycles. The van der Waals surface area contributed by atoms with Crippen LogP contribution in [0.4, 0.5) is 0 Å². The number of unbranched alkanes of at least 4 members (excludes halogenated alkanes) is 1. The van der Waals surface area contributed by atoms with Gasteiger partial charge in [0.2, 0.25) is 0 Å². The van der Waals surface area contributed by atoms with Gasteiger partial charge in [0.15, 0.2) is 0 Å². The lowest BCUT2D eigenvalue weighted by molar-refractivity contribution is 0.0978. The summed E-state index contributed by atoms with van der Waals surface area (Å²) in [5.74, 6) is -0.276. The number of carbonyl (C=O) groups excluding carboxylic acids is 1. The van der Waals surface area contributed by atoms with Crippen LogP contribution in [0.15, 0.2) is 24.3 Å². The first-order valence-electron chi connectivity index (χ1n) is 6.21. The summed E-state index contributed by atoms with van der Waals surface area (Å²) in [6.45, 7) is 4.13. The second-order valence-electron chi connectivity index (χ2n) is 3.99. The van der Waals surface area contributed by atoms with E-state index in [9.17, 15) is 13.2 Å². The number of benzene rings is 1. The average molecular weight is 284 g/mol. The zero-order chi connectivity index (χ0) is 14.3. The molecule has 1 radical (unpaired) electrons. The molecule has 1 aromatic carbocycles. The topological polar surface area (TPSA) is 74.5 Å². The van der Waals surface area contributed by atoms with E-state index in [4.69, 9.17) is 4.74 Å². The van der Waals surface area contributed by atoms with Gasteiger partial charge in [-0.25, -0.2) is 8.42 Å². The third-order valence-electron chi connectivity index (χ3n) is 2.45. The third-order valence-corrected chi connectivity index (χ3v) is 3.63. The van der Waals surface area contributed by atoms with E-state index in [2.05, 4.69) is 11.6 Å². The van der Waals surface area contributed by atoms with Gasteiger partial charge in [-0.3, -0.25) is 4.79 Å². The van der Waals surface area contributed by atoms with Crippen molar-refractivity contribution in [3.8, 4) is 5.75 Å². The number of carbonyl (C=O) groups is 1. The molecule has 1 rings (SSSR count). The first kappa shape index (κ1) is 15.5. The highest BCUT2D eigenvalue weighted by molar-refractivity contribution is 7.89. The largest absolute Gasteiger partial charge is 0.494 e. The van der Waals surface area contributed by atoms with Crippen LogP contribution in [0.5, 0.6) is 5.75 Å². The van der Waals surface area contributed by atoms with E-state index in [1.54, 1.807) is 12.1 Å². The molecule has 6 heteroatoms. The second-order valence-corrected chi connectivity index (χ2v) is 5.92. The molecule has 0 aliphatic carbocycles. The van der Waals surface area contributed by atoms with Gasteiger partial charge in [-0.1, -0.05) is 13.3 Å². The molecule has 0 fully saturated rings. The molecule has 0 aliphatic heterocycles. The highest BCUT2D eigenvalue weighted by Gasteiger charge is 2.16. The lowest BCUT2D eigenvalue weighted by Crippen LogP contribution is -2.24. The minimum atomic E-state index is -3.65. The fourth-order valence-corrected chi connectivity index (χ4v) is 1.76. The predicted octanol–water partition coefficient (Wildman–Crippen LogP) is 1.96. The molecule has 105 valence electrons. The van der Waals surface area contributed by atoms with Gasteiger partial charge in [-0.15, -0.1) is 4.72 Å². The van der Waals surface area contributed by atoms with Crippen LogP contribution in [0, 0.1) is 0 Å². The molecule has 0 aromatic heterocycles. The smallest absolute Gasteiger partial charge is 0.287 e. The maximum atomic E-state index is 11.6. The Kier molecular flexibility index (Phi) is 5.82. The van der Waals surface area contributed by atoms with E-state index in [0.29, 0.717) is 12.4 Å². The number of rotatable bonds is 7. The van der Waals surface area contributed by atoms with E-state index in [1.165, 1.54) is 19.1 Å². The summed E-state index contributed by atoms with van der Waals surface area (Å²) < 4.78 is 31.1. The predicted molar refractivity (Wildman–Crippen MR) is 72.8 cm³/mol. The second kappa shape index (κ2) is 7.13. The van der Waals surface area contributed by atoms with Crippen LogP contribution in [0.25, 0.3) is 0 Å². The van der Waals surface area contributed by atoms with Crippen LogP contribution >= 0.6 is 0 Å². The van der Waals surface area contributed by atoms with Gasteiger partial charge in [0, 0.05) is 5.56 Å². The van der Waals surface area contributed by atoms with Crippen molar-refractivity contribution in [1.82, 2.24) is 4.72 Å². The van der Waals surface area contributed by atoms with Crippen molar-refractivity contribution in [2.24, 2.45) is 0 Å². The summed E-state index contributed by atoms with van der Waals surface area (Å²) in [5.41, 5.74) is 0.236. The maximum Gasteiger partial charge on any atom is 0.287 e. The number of ether oxygens (including phenoxy) is 1. The zero-order valence-electron chi connectivity index (χ0n) is 11.1. The first-order valence-corrected chi connectivity index (χ1v) is 7.82. The molecule has 19 heavy (non-hydrogen) atoms. The third kappa shape index (κ3) is 5.30.